The maximum absolute atomic E-state index is 6.36. The summed E-state index contributed by atoms with van der Waals surface area (Å²) in [5, 5.41) is 0. The summed E-state index contributed by atoms with van der Waals surface area (Å²) in [6, 6.07) is 9.86. The molecule has 5 fully saturated rings. The lowest BCUT2D eigenvalue weighted by Gasteiger charge is -2.58. The zero-order chi connectivity index (χ0) is 17.1. The minimum atomic E-state index is -0.727. The second-order valence-corrected chi connectivity index (χ2v) is 8.17. The van der Waals surface area contributed by atoms with Crippen LogP contribution >= 0.6 is 0 Å². The summed E-state index contributed by atoms with van der Waals surface area (Å²) in [6.45, 7) is 4.15. The van der Waals surface area contributed by atoms with E-state index in [-0.39, 0.29) is 12.2 Å². The second-order valence-electron chi connectivity index (χ2n) is 8.17. The fourth-order valence-corrected chi connectivity index (χ4v) is 5.29. The molecule has 1 aliphatic carbocycles. The highest BCUT2D eigenvalue weighted by Crippen LogP contribution is 2.59. The number of hydrogen-bond acceptors (Lipinski definition) is 5. The van der Waals surface area contributed by atoms with E-state index in [0.29, 0.717) is 11.8 Å². The maximum atomic E-state index is 6.36. The maximum Gasteiger partial charge on any atom is 0.205 e. The first kappa shape index (κ1) is 16.1. The quantitative estimate of drug-likeness (QED) is 0.757. The molecule has 4 saturated heterocycles. The molecular formula is C20H26O5. The smallest absolute Gasteiger partial charge is 0.205 e. The van der Waals surface area contributed by atoms with E-state index in [9.17, 15) is 0 Å². The van der Waals surface area contributed by atoms with Gasteiger partial charge in [-0.15, -0.1) is 0 Å². The van der Waals surface area contributed by atoms with Crippen LogP contribution in [0.1, 0.15) is 46.0 Å². The van der Waals surface area contributed by atoms with Crippen molar-refractivity contribution in [1.82, 2.24) is 0 Å². The number of ether oxygens (including phenoxy) is 3. The molecule has 0 N–H and O–H groups in total. The number of fused-ring (bicyclic) bond motifs is 2. The molecule has 0 radical (unpaired) electrons. The van der Waals surface area contributed by atoms with Crippen LogP contribution in [0.4, 0.5) is 0 Å². The third-order valence-corrected chi connectivity index (χ3v) is 6.64. The van der Waals surface area contributed by atoms with Crippen molar-refractivity contribution in [2.24, 2.45) is 17.8 Å². The Bertz CT molecular complexity index is 636. The average Bonchev–Trinajstić information content (AvgIpc) is 2.85. The number of para-hydroxylation sites is 1. The van der Waals surface area contributed by atoms with Crippen molar-refractivity contribution in [3.63, 3.8) is 0 Å². The van der Waals surface area contributed by atoms with Gasteiger partial charge in [0.25, 0.3) is 0 Å². The van der Waals surface area contributed by atoms with Crippen LogP contribution in [0.2, 0.25) is 0 Å². The van der Waals surface area contributed by atoms with E-state index in [0.717, 1.165) is 31.4 Å². The van der Waals surface area contributed by atoms with E-state index in [2.05, 4.69) is 6.92 Å². The molecule has 1 spiro atoms. The minimum Gasteiger partial charge on any atom is -0.465 e. The molecule has 136 valence electrons. The van der Waals surface area contributed by atoms with Crippen LogP contribution in [-0.4, -0.2) is 24.0 Å². The Hall–Kier alpha value is -1.14. The van der Waals surface area contributed by atoms with Gasteiger partial charge in [-0.1, -0.05) is 31.5 Å². The summed E-state index contributed by atoms with van der Waals surface area (Å²) < 4.78 is 18.8. The predicted octanol–water partition coefficient (Wildman–Crippen LogP) is 4.03. The lowest BCUT2D eigenvalue weighted by molar-refractivity contribution is -0.574. The van der Waals surface area contributed by atoms with E-state index in [4.69, 9.17) is 24.0 Å². The third kappa shape index (κ3) is 2.36. The Labute approximate surface area is 148 Å². The summed E-state index contributed by atoms with van der Waals surface area (Å²) in [4.78, 5) is 11.9. The van der Waals surface area contributed by atoms with Crippen molar-refractivity contribution in [3.05, 3.63) is 30.3 Å². The first-order chi connectivity index (χ1) is 12.1. The fraction of sp³-hybridized carbons (Fsp3) is 0.700. The highest BCUT2D eigenvalue weighted by Gasteiger charge is 2.68. The SMILES string of the molecule is C[C@H]1[C@@H](Oc2ccccc2)O[C@@H]2O[C@]3(C)CC[C@H]4CCC[C@@H]1C42OO3. The monoisotopic (exact) mass is 346 g/mol. The first-order valence-corrected chi connectivity index (χ1v) is 9.52. The van der Waals surface area contributed by atoms with E-state index < -0.39 is 17.7 Å². The largest absolute Gasteiger partial charge is 0.465 e. The number of hydrogen-bond donors (Lipinski definition) is 0. The molecule has 5 heteroatoms. The van der Waals surface area contributed by atoms with Crippen LogP contribution < -0.4 is 4.74 Å². The summed E-state index contributed by atoms with van der Waals surface area (Å²) in [5.74, 6) is 1.02. The molecule has 5 nitrogen and oxygen atoms in total. The fourth-order valence-electron chi connectivity index (χ4n) is 5.29. The highest BCUT2D eigenvalue weighted by atomic mass is 17.3. The molecular weight excluding hydrogens is 320 g/mol. The van der Waals surface area contributed by atoms with Gasteiger partial charge >= 0.3 is 0 Å². The van der Waals surface area contributed by atoms with Gasteiger partial charge in [-0.3, -0.25) is 0 Å². The van der Waals surface area contributed by atoms with Gasteiger partial charge in [0, 0.05) is 18.3 Å². The average molecular weight is 346 g/mol. The van der Waals surface area contributed by atoms with Gasteiger partial charge in [0.2, 0.25) is 12.1 Å². The lowest BCUT2D eigenvalue weighted by atomic mass is 9.61. The van der Waals surface area contributed by atoms with E-state index >= 15 is 0 Å². The van der Waals surface area contributed by atoms with Crippen molar-refractivity contribution in [3.8, 4) is 5.75 Å². The van der Waals surface area contributed by atoms with Crippen LogP contribution in [0.15, 0.2) is 30.3 Å². The molecule has 1 aromatic carbocycles. The van der Waals surface area contributed by atoms with Gasteiger partial charge in [-0.25, -0.2) is 9.78 Å². The molecule has 0 aromatic heterocycles. The summed E-state index contributed by atoms with van der Waals surface area (Å²) >= 11 is 0. The summed E-state index contributed by atoms with van der Waals surface area (Å²) in [7, 11) is 0. The van der Waals surface area contributed by atoms with Gasteiger partial charge < -0.3 is 14.2 Å². The van der Waals surface area contributed by atoms with Crippen LogP contribution in [-0.2, 0) is 19.2 Å². The molecule has 4 heterocycles. The van der Waals surface area contributed by atoms with Crippen LogP contribution in [0.25, 0.3) is 0 Å². The van der Waals surface area contributed by atoms with E-state index in [1.165, 1.54) is 6.42 Å². The molecule has 1 saturated carbocycles. The van der Waals surface area contributed by atoms with Gasteiger partial charge in [0.1, 0.15) is 5.75 Å². The predicted molar refractivity (Wildman–Crippen MR) is 89.4 cm³/mol. The number of benzene rings is 1. The van der Waals surface area contributed by atoms with Crippen LogP contribution in [0, 0.1) is 17.8 Å². The van der Waals surface area contributed by atoms with Crippen molar-refractivity contribution >= 4 is 0 Å². The van der Waals surface area contributed by atoms with Gasteiger partial charge in [0.05, 0.1) is 0 Å². The first-order valence-electron chi connectivity index (χ1n) is 9.52. The molecule has 1 unspecified atom stereocenters. The zero-order valence-electron chi connectivity index (χ0n) is 14.9. The Morgan fingerprint density at radius 3 is 2.76 bits per heavy atom. The Kier molecular flexibility index (Phi) is 3.65. The van der Waals surface area contributed by atoms with Crippen LogP contribution in [0.5, 0.6) is 5.75 Å². The highest BCUT2D eigenvalue weighted by molar-refractivity contribution is 5.21. The van der Waals surface area contributed by atoms with Crippen molar-refractivity contribution in [1.29, 1.82) is 0 Å². The van der Waals surface area contributed by atoms with Gasteiger partial charge in [-0.05, 0) is 44.2 Å². The van der Waals surface area contributed by atoms with Crippen molar-refractivity contribution in [2.45, 2.75) is 69.9 Å². The summed E-state index contributed by atoms with van der Waals surface area (Å²) in [5.41, 5.74) is -0.496. The molecule has 4 aliphatic heterocycles. The van der Waals surface area contributed by atoms with Crippen LogP contribution in [0.3, 0.4) is 0 Å². The Morgan fingerprint density at radius 2 is 1.92 bits per heavy atom. The van der Waals surface area contributed by atoms with E-state index in [1.54, 1.807) is 0 Å². The van der Waals surface area contributed by atoms with E-state index in [1.807, 2.05) is 37.3 Å². The van der Waals surface area contributed by atoms with Crippen molar-refractivity contribution < 1.29 is 24.0 Å². The molecule has 2 bridgehead atoms. The Morgan fingerprint density at radius 1 is 1.08 bits per heavy atom. The zero-order valence-corrected chi connectivity index (χ0v) is 14.9. The third-order valence-electron chi connectivity index (χ3n) is 6.64. The lowest BCUT2D eigenvalue weighted by Crippen LogP contribution is -2.69. The van der Waals surface area contributed by atoms with Crippen molar-refractivity contribution in [2.75, 3.05) is 0 Å². The standard InChI is InChI=1S/C20H26O5/c1-13-16-10-6-7-14-11-12-19(2)23-18(20(14,16)25-24-19)22-17(13)21-15-8-4-3-5-9-15/h3-5,8-9,13-14,16-18H,6-7,10-12H2,1-2H3/t13-,14-,16+,17+,18-,19+,20?/m1/s1. The molecule has 1 aromatic rings. The molecule has 25 heavy (non-hydrogen) atoms. The van der Waals surface area contributed by atoms with Gasteiger partial charge in [-0.2, -0.15) is 0 Å². The topological polar surface area (TPSA) is 46.2 Å². The minimum absolute atomic E-state index is 0.203. The summed E-state index contributed by atoms with van der Waals surface area (Å²) in [6.07, 6.45) is 4.58. The number of rotatable bonds is 2. The normalized spacial score (nSPS) is 48.5. The molecule has 6 rings (SSSR count). The molecule has 5 aliphatic rings. The van der Waals surface area contributed by atoms with Gasteiger partial charge in [0.15, 0.2) is 11.9 Å². The Balaban J connectivity index is 1.49. The molecule has 0 amide bonds. The second kappa shape index (κ2) is 5.68. The molecule has 7 atom stereocenters.